The van der Waals surface area contributed by atoms with E-state index in [2.05, 4.69) is 18.0 Å². The van der Waals surface area contributed by atoms with Crippen molar-refractivity contribution in [3.8, 4) is 0 Å². The zero-order valence-corrected chi connectivity index (χ0v) is 14.5. The minimum absolute atomic E-state index is 0.0576. The van der Waals surface area contributed by atoms with Crippen LogP contribution < -0.4 is 0 Å². The van der Waals surface area contributed by atoms with E-state index >= 15 is 0 Å². The minimum Gasteiger partial charge on any atom is -0.467 e. The molecule has 0 saturated carbocycles. The van der Waals surface area contributed by atoms with Gasteiger partial charge in [0.15, 0.2) is 0 Å². The van der Waals surface area contributed by atoms with Crippen LogP contribution in [-0.2, 0) is 11.2 Å². The molecular formula is C20H22N2O2. The molecule has 4 nitrogen and oxygen atoms in total. The van der Waals surface area contributed by atoms with E-state index in [0.717, 1.165) is 33.5 Å². The molecule has 1 atom stereocenters. The Morgan fingerprint density at radius 2 is 1.96 bits per heavy atom. The van der Waals surface area contributed by atoms with Crippen molar-refractivity contribution in [3.63, 3.8) is 0 Å². The lowest BCUT2D eigenvalue weighted by atomic mass is 9.99. The van der Waals surface area contributed by atoms with Gasteiger partial charge in [0.05, 0.1) is 24.2 Å². The number of rotatable bonds is 4. The van der Waals surface area contributed by atoms with Gasteiger partial charge in [-0.1, -0.05) is 18.2 Å². The molecule has 0 radical (unpaired) electrons. The number of para-hydroxylation sites is 1. The highest BCUT2D eigenvalue weighted by atomic mass is 16.3. The van der Waals surface area contributed by atoms with E-state index < -0.39 is 0 Å². The second-order valence-corrected chi connectivity index (χ2v) is 6.19. The number of carbonyl (C=O) groups is 1. The van der Waals surface area contributed by atoms with Crippen molar-refractivity contribution >= 4 is 16.8 Å². The van der Waals surface area contributed by atoms with Gasteiger partial charge < -0.3 is 9.32 Å². The van der Waals surface area contributed by atoms with Gasteiger partial charge in [0.2, 0.25) is 5.91 Å². The van der Waals surface area contributed by atoms with Crippen LogP contribution in [0.3, 0.4) is 0 Å². The number of nitrogens with zero attached hydrogens (tertiary/aromatic N) is 2. The van der Waals surface area contributed by atoms with Crippen LogP contribution in [0, 0.1) is 13.8 Å². The largest absolute Gasteiger partial charge is 0.467 e. The SMILES string of the molecule is Cc1nc2ccccc2c(C)c1CC(=O)N(C)C(C)c1ccco1. The third-order valence-corrected chi connectivity index (χ3v) is 4.74. The van der Waals surface area contributed by atoms with Crippen LogP contribution in [-0.4, -0.2) is 22.8 Å². The summed E-state index contributed by atoms with van der Waals surface area (Å²) in [7, 11) is 1.81. The van der Waals surface area contributed by atoms with E-state index in [9.17, 15) is 4.79 Å². The fourth-order valence-corrected chi connectivity index (χ4v) is 3.04. The number of amides is 1. The molecule has 3 rings (SSSR count). The maximum atomic E-state index is 12.7. The summed E-state index contributed by atoms with van der Waals surface area (Å²) in [5.74, 6) is 0.845. The summed E-state index contributed by atoms with van der Waals surface area (Å²) >= 11 is 0. The van der Waals surface area contributed by atoms with E-state index in [4.69, 9.17) is 4.42 Å². The molecule has 0 aliphatic carbocycles. The van der Waals surface area contributed by atoms with Gasteiger partial charge in [0.1, 0.15) is 5.76 Å². The van der Waals surface area contributed by atoms with Crippen molar-refractivity contribution in [2.75, 3.05) is 7.05 Å². The third kappa shape index (κ3) is 2.92. The number of aryl methyl sites for hydroxylation is 2. The maximum absolute atomic E-state index is 12.7. The Hall–Kier alpha value is -2.62. The Bertz CT molecular complexity index is 869. The average molecular weight is 322 g/mol. The molecule has 1 aromatic carbocycles. The topological polar surface area (TPSA) is 46.3 Å². The standard InChI is InChI=1S/C20H22N2O2/c1-13-16-8-5-6-9-18(16)21-14(2)17(13)12-20(23)22(4)15(3)19-10-7-11-24-19/h5-11,15H,12H2,1-4H3. The van der Waals surface area contributed by atoms with E-state index in [0.29, 0.717) is 6.42 Å². The van der Waals surface area contributed by atoms with Gasteiger partial charge in [-0.05, 0) is 50.1 Å². The molecule has 0 bridgehead atoms. The molecule has 24 heavy (non-hydrogen) atoms. The maximum Gasteiger partial charge on any atom is 0.227 e. The molecule has 2 heterocycles. The molecule has 0 aliphatic rings. The first-order valence-electron chi connectivity index (χ1n) is 8.13. The molecule has 2 aromatic heterocycles. The summed E-state index contributed by atoms with van der Waals surface area (Å²) in [6, 6.07) is 11.7. The van der Waals surface area contributed by atoms with E-state index in [1.165, 1.54) is 0 Å². The molecule has 0 N–H and O–H groups in total. The number of benzene rings is 1. The third-order valence-electron chi connectivity index (χ3n) is 4.74. The number of pyridine rings is 1. The molecule has 1 unspecified atom stereocenters. The highest BCUT2D eigenvalue weighted by Crippen LogP contribution is 2.25. The molecule has 0 aliphatic heterocycles. The van der Waals surface area contributed by atoms with Crippen LogP contribution >= 0.6 is 0 Å². The quantitative estimate of drug-likeness (QED) is 0.723. The lowest BCUT2D eigenvalue weighted by Gasteiger charge is -2.24. The molecule has 3 aromatic rings. The van der Waals surface area contributed by atoms with Gasteiger partial charge >= 0.3 is 0 Å². The predicted octanol–water partition coefficient (Wildman–Crippen LogP) is 4.21. The number of hydrogen-bond donors (Lipinski definition) is 0. The van der Waals surface area contributed by atoms with Gasteiger partial charge in [-0.25, -0.2) is 0 Å². The van der Waals surface area contributed by atoms with Gasteiger partial charge in [0.25, 0.3) is 0 Å². The van der Waals surface area contributed by atoms with E-state index in [1.54, 1.807) is 11.2 Å². The van der Waals surface area contributed by atoms with Crippen molar-refractivity contribution in [2.24, 2.45) is 0 Å². The Labute approximate surface area is 142 Å². The summed E-state index contributed by atoms with van der Waals surface area (Å²) in [6.45, 7) is 6.00. The second kappa shape index (κ2) is 6.48. The van der Waals surface area contributed by atoms with Crippen LogP contribution in [0.4, 0.5) is 0 Å². The highest BCUT2D eigenvalue weighted by Gasteiger charge is 2.21. The van der Waals surface area contributed by atoms with Crippen molar-refractivity contribution in [2.45, 2.75) is 33.2 Å². The summed E-state index contributed by atoms with van der Waals surface area (Å²) in [4.78, 5) is 19.1. The number of hydrogen-bond acceptors (Lipinski definition) is 3. The predicted molar refractivity (Wildman–Crippen MR) is 94.8 cm³/mol. The number of likely N-dealkylation sites (N-methyl/N-ethyl adjacent to an activating group) is 1. The number of carbonyl (C=O) groups excluding carboxylic acids is 1. The fourth-order valence-electron chi connectivity index (χ4n) is 3.04. The van der Waals surface area contributed by atoms with Crippen LogP contribution in [0.1, 0.15) is 35.5 Å². The summed E-state index contributed by atoms with van der Waals surface area (Å²) in [5.41, 5.74) is 4.03. The highest BCUT2D eigenvalue weighted by molar-refractivity contribution is 5.86. The number of aromatic nitrogens is 1. The Balaban J connectivity index is 1.88. The monoisotopic (exact) mass is 322 g/mol. The Morgan fingerprint density at radius 1 is 1.21 bits per heavy atom. The molecule has 0 saturated heterocycles. The summed E-state index contributed by atoms with van der Waals surface area (Å²) < 4.78 is 5.42. The van der Waals surface area contributed by atoms with Crippen LogP contribution in [0.5, 0.6) is 0 Å². The van der Waals surface area contributed by atoms with Crippen molar-refractivity contribution in [1.29, 1.82) is 0 Å². The summed E-state index contributed by atoms with van der Waals surface area (Å²) in [6.07, 6.45) is 1.97. The van der Waals surface area contributed by atoms with Crippen molar-refractivity contribution < 1.29 is 9.21 Å². The molecule has 4 heteroatoms. The van der Waals surface area contributed by atoms with Crippen molar-refractivity contribution in [3.05, 3.63) is 65.2 Å². The minimum atomic E-state index is -0.0958. The van der Waals surface area contributed by atoms with Crippen molar-refractivity contribution in [1.82, 2.24) is 9.88 Å². The Kier molecular flexibility index (Phi) is 4.38. The Morgan fingerprint density at radius 3 is 2.67 bits per heavy atom. The van der Waals surface area contributed by atoms with Gasteiger partial charge in [-0.15, -0.1) is 0 Å². The van der Waals surface area contributed by atoms with E-state index in [1.807, 2.05) is 51.2 Å². The number of fused-ring (bicyclic) bond motifs is 1. The number of furan rings is 1. The summed E-state index contributed by atoms with van der Waals surface area (Å²) in [5, 5.41) is 1.10. The first-order valence-corrected chi connectivity index (χ1v) is 8.13. The average Bonchev–Trinajstić information content (AvgIpc) is 3.11. The molecular weight excluding hydrogens is 300 g/mol. The van der Waals surface area contributed by atoms with Gasteiger partial charge in [-0.3, -0.25) is 9.78 Å². The normalized spacial score (nSPS) is 12.3. The van der Waals surface area contributed by atoms with E-state index in [-0.39, 0.29) is 11.9 Å². The van der Waals surface area contributed by atoms with Gasteiger partial charge in [-0.2, -0.15) is 0 Å². The lowest BCUT2D eigenvalue weighted by molar-refractivity contribution is -0.131. The lowest BCUT2D eigenvalue weighted by Crippen LogP contribution is -2.31. The van der Waals surface area contributed by atoms with Crippen LogP contribution in [0.15, 0.2) is 47.1 Å². The van der Waals surface area contributed by atoms with Crippen LogP contribution in [0.2, 0.25) is 0 Å². The zero-order chi connectivity index (χ0) is 17.3. The molecule has 124 valence electrons. The molecule has 0 spiro atoms. The molecule has 1 amide bonds. The smallest absolute Gasteiger partial charge is 0.227 e. The first kappa shape index (κ1) is 16.2. The second-order valence-electron chi connectivity index (χ2n) is 6.19. The van der Waals surface area contributed by atoms with Crippen LogP contribution in [0.25, 0.3) is 10.9 Å². The molecule has 0 fully saturated rings. The van der Waals surface area contributed by atoms with Gasteiger partial charge in [0, 0.05) is 18.1 Å². The first-order chi connectivity index (χ1) is 11.5. The zero-order valence-electron chi connectivity index (χ0n) is 14.5. The fraction of sp³-hybridized carbons (Fsp3) is 0.300.